The Kier molecular flexibility index (Phi) is 4.43. The van der Waals surface area contributed by atoms with Gasteiger partial charge in [0.1, 0.15) is 6.54 Å². The number of nitrogens with zero attached hydrogens (tertiary/aromatic N) is 1. The summed E-state index contributed by atoms with van der Waals surface area (Å²) in [6.07, 6.45) is 0. The predicted octanol–water partition coefficient (Wildman–Crippen LogP) is 2.49. The molecular weight excluding hydrogens is 328 g/mol. The zero-order chi connectivity index (χ0) is 17.1. The molecule has 1 heterocycles. The number of fused-ring (bicyclic) bond motifs is 1. The van der Waals surface area contributed by atoms with Gasteiger partial charge in [-0.05, 0) is 24.3 Å². The Hall–Kier alpha value is -2.93. The average Bonchev–Trinajstić information content (AvgIpc) is 2.91. The van der Waals surface area contributed by atoms with Crippen LogP contribution in [-0.2, 0) is 16.1 Å². The normalized spacial score (nSPS) is 10.5. The maximum absolute atomic E-state index is 12.3. The van der Waals surface area contributed by atoms with Gasteiger partial charge in [0.15, 0.2) is 0 Å². The van der Waals surface area contributed by atoms with Crippen LogP contribution in [0, 0.1) is 0 Å². The van der Waals surface area contributed by atoms with Gasteiger partial charge in [-0.3, -0.25) is 13.5 Å². The lowest BCUT2D eigenvalue weighted by atomic mass is 10.2. The molecule has 2 aromatic carbocycles. The Morgan fingerprint density at radius 2 is 1.83 bits per heavy atom. The summed E-state index contributed by atoms with van der Waals surface area (Å²) in [5, 5.41) is 3.24. The third-order valence-electron chi connectivity index (χ3n) is 3.45. The van der Waals surface area contributed by atoms with Gasteiger partial charge in [-0.1, -0.05) is 35.8 Å². The lowest BCUT2D eigenvalue weighted by Crippen LogP contribution is -2.24. The molecule has 0 unspecified atom stereocenters. The van der Waals surface area contributed by atoms with Gasteiger partial charge in [-0.25, -0.2) is 4.79 Å². The van der Waals surface area contributed by atoms with Crippen molar-refractivity contribution in [2.45, 2.75) is 6.54 Å². The van der Waals surface area contributed by atoms with Crippen LogP contribution in [0.1, 0.15) is 10.4 Å². The van der Waals surface area contributed by atoms with Crippen LogP contribution in [0.3, 0.4) is 0 Å². The smallest absolute Gasteiger partial charge is 0.339 e. The van der Waals surface area contributed by atoms with Crippen LogP contribution in [0.4, 0.5) is 5.69 Å². The third kappa shape index (κ3) is 3.07. The van der Waals surface area contributed by atoms with E-state index in [9.17, 15) is 14.4 Å². The van der Waals surface area contributed by atoms with E-state index in [1.807, 2.05) is 12.1 Å². The number of aromatic nitrogens is 1. The van der Waals surface area contributed by atoms with E-state index < -0.39 is 5.97 Å². The fraction of sp³-hybridized carbons (Fsp3) is 0.118. The van der Waals surface area contributed by atoms with Gasteiger partial charge in [0.2, 0.25) is 5.91 Å². The molecule has 3 aromatic rings. The van der Waals surface area contributed by atoms with Gasteiger partial charge in [0.25, 0.3) is 5.56 Å². The molecule has 0 spiro atoms. The van der Waals surface area contributed by atoms with E-state index in [1.54, 1.807) is 36.4 Å². The van der Waals surface area contributed by atoms with Gasteiger partial charge in [0, 0.05) is 0 Å². The Labute approximate surface area is 141 Å². The van der Waals surface area contributed by atoms with Crippen LogP contribution in [-0.4, -0.2) is 22.9 Å². The maximum atomic E-state index is 12.3. The molecule has 0 aliphatic rings. The van der Waals surface area contributed by atoms with Crippen LogP contribution < -0.4 is 10.9 Å². The van der Waals surface area contributed by atoms with Crippen molar-refractivity contribution in [3.05, 3.63) is 64.4 Å². The molecule has 0 bridgehead atoms. The number of carbonyl (C=O) groups is 2. The quantitative estimate of drug-likeness (QED) is 0.739. The van der Waals surface area contributed by atoms with Crippen LogP contribution in [0.15, 0.2) is 53.3 Å². The molecule has 0 fully saturated rings. The number of benzene rings is 2. The molecule has 1 aromatic heterocycles. The summed E-state index contributed by atoms with van der Waals surface area (Å²) in [6.45, 7) is -0.117. The lowest BCUT2D eigenvalue weighted by Gasteiger charge is -2.09. The highest BCUT2D eigenvalue weighted by Crippen LogP contribution is 2.18. The topological polar surface area (TPSA) is 77.4 Å². The molecule has 0 aliphatic carbocycles. The molecule has 122 valence electrons. The third-order valence-corrected chi connectivity index (χ3v) is 4.51. The Balaban J connectivity index is 1.82. The van der Waals surface area contributed by atoms with Crippen LogP contribution in [0.25, 0.3) is 10.1 Å². The molecule has 1 amide bonds. The van der Waals surface area contributed by atoms with Gasteiger partial charge in [-0.15, -0.1) is 0 Å². The van der Waals surface area contributed by atoms with E-state index in [1.165, 1.54) is 22.6 Å². The van der Waals surface area contributed by atoms with Gasteiger partial charge >= 0.3 is 5.97 Å². The zero-order valence-electron chi connectivity index (χ0n) is 12.8. The minimum atomic E-state index is -0.537. The number of methoxy groups -OCH3 is 1. The number of hydrogen-bond donors (Lipinski definition) is 1. The van der Waals surface area contributed by atoms with Crippen LogP contribution >= 0.6 is 11.5 Å². The summed E-state index contributed by atoms with van der Waals surface area (Å²) in [6, 6.07) is 13.7. The standard InChI is InChI=1S/C17H14N2O4S/c1-23-17(22)11-6-2-4-8-13(11)18-15(20)10-19-16(21)12-7-3-5-9-14(12)24-19/h2-9H,10H2,1H3,(H,18,20). The Morgan fingerprint density at radius 1 is 1.12 bits per heavy atom. The number of hydrogen-bond acceptors (Lipinski definition) is 5. The van der Waals surface area contributed by atoms with E-state index in [-0.39, 0.29) is 23.6 Å². The summed E-state index contributed by atoms with van der Waals surface area (Å²) in [4.78, 5) is 36.2. The first-order valence-corrected chi connectivity index (χ1v) is 7.93. The zero-order valence-corrected chi connectivity index (χ0v) is 13.6. The molecule has 7 heteroatoms. The second-order valence-corrected chi connectivity index (χ2v) is 6.08. The first-order chi connectivity index (χ1) is 11.6. The largest absolute Gasteiger partial charge is 0.465 e. The molecule has 24 heavy (non-hydrogen) atoms. The molecule has 0 saturated carbocycles. The van der Waals surface area contributed by atoms with E-state index >= 15 is 0 Å². The highest BCUT2D eigenvalue weighted by atomic mass is 32.1. The summed E-state index contributed by atoms with van der Waals surface area (Å²) in [7, 11) is 1.28. The second-order valence-electron chi connectivity index (χ2n) is 5.01. The molecule has 0 aliphatic heterocycles. The number of ether oxygens (including phenoxy) is 1. The maximum Gasteiger partial charge on any atom is 0.339 e. The summed E-state index contributed by atoms with van der Waals surface area (Å²) in [5.74, 6) is -0.926. The second kappa shape index (κ2) is 6.67. The Bertz CT molecular complexity index is 974. The van der Waals surface area contributed by atoms with Crippen molar-refractivity contribution in [2.75, 3.05) is 12.4 Å². The van der Waals surface area contributed by atoms with Crippen molar-refractivity contribution in [1.29, 1.82) is 0 Å². The first kappa shape index (κ1) is 15.9. The van der Waals surface area contributed by atoms with Crippen molar-refractivity contribution in [2.24, 2.45) is 0 Å². The van der Waals surface area contributed by atoms with Crippen molar-refractivity contribution >= 4 is 39.2 Å². The number of anilines is 1. The molecule has 0 radical (unpaired) electrons. The van der Waals surface area contributed by atoms with Crippen molar-refractivity contribution in [3.8, 4) is 0 Å². The number of rotatable bonds is 4. The fourth-order valence-corrected chi connectivity index (χ4v) is 3.32. The van der Waals surface area contributed by atoms with Crippen molar-refractivity contribution < 1.29 is 14.3 Å². The van der Waals surface area contributed by atoms with Crippen LogP contribution in [0.5, 0.6) is 0 Å². The van der Waals surface area contributed by atoms with Gasteiger partial charge in [-0.2, -0.15) is 0 Å². The fourth-order valence-electron chi connectivity index (χ4n) is 2.32. The number of para-hydroxylation sites is 1. The molecule has 1 N–H and O–H groups in total. The van der Waals surface area contributed by atoms with E-state index in [4.69, 9.17) is 4.74 Å². The number of carbonyl (C=O) groups excluding carboxylic acids is 2. The first-order valence-electron chi connectivity index (χ1n) is 7.16. The summed E-state index contributed by atoms with van der Waals surface area (Å²) >= 11 is 1.23. The number of esters is 1. The minimum Gasteiger partial charge on any atom is -0.465 e. The van der Waals surface area contributed by atoms with Crippen LogP contribution in [0.2, 0.25) is 0 Å². The average molecular weight is 342 g/mol. The van der Waals surface area contributed by atoms with Crippen molar-refractivity contribution in [1.82, 2.24) is 3.96 Å². The van der Waals surface area contributed by atoms with Gasteiger partial charge in [0.05, 0.1) is 28.4 Å². The highest BCUT2D eigenvalue weighted by molar-refractivity contribution is 7.13. The highest BCUT2D eigenvalue weighted by Gasteiger charge is 2.15. The van der Waals surface area contributed by atoms with E-state index in [0.29, 0.717) is 11.1 Å². The molecule has 0 atom stereocenters. The molecule has 0 saturated heterocycles. The van der Waals surface area contributed by atoms with Gasteiger partial charge < -0.3 is 10.1 Å². The SMILES string of the molecule is COC(=O)c1ccccc1NC(=O)Cn1sc2ccccc2c1=O. The summed E-state index contributed by atoms with van der Waals surface area (Å²) in [5.41, 5.74) is 0.410. The lowest BCUT2D eigenvalue weighted by molar-refractivity contribution is -0.116. The number of amides is 1. The van der Waals surface area contributed by atoms with Crippen molar-refractivity contribution in [3.63, 3.8) is 0 Å². The Morgan fingerprint density at radius 3 is 2.58 bits per heavy atom. The molecule has 3 rings (SSSR count). The number of nitrogens with one attached hydrogen (secondary N) is 1. The molecule has 6 nitrogen and oxygen atoms in total. The predicted molar refractivity (Wildman–Crippen MR) is 92.5 cm³/mol. The van der Waals surface area contributed by atoms with E-state index in [0.717, 1.165) is 4.70 Å². The van der Waals surface area contributed by atoms with E-state index in [2.05, 4.69) is 5.32 Å². The monoisotopic (exact) mass is 342 g/mol. The summed E-state index contributed by atoms with van der Waals surface area (Å²) < 4.78 is 6.91. The molecular formula is C17H14N2O4S. The minimum absolute atomic E-state index is 0.117.